The summed E-state index contributed by atoms with van der Waals surface area (Å²) in [5, 5.41) is 9.96. The highest BCUT2D eigenvalue weighted by Crippen LogP contribution is 2.44. The standard InChI is InChI=1S/C60H40N2/c1-2-18-51(19-3-1)62-58-23-11-22-55(59(58)57-37-32-45-14-8-9-21-56(45)60(57)62)50-17-10-20-54(40-50)61(52-33-28-43(29-34-52)48-26-24-41-12-4-6-15-46(41)38-48)53-35-30-44(31-36-53)49-27-25-42-13-5-7-16-47(42)39-49/h1-40H. The quantitative estimate of drug-likeness (QED) is 0.156. The lowest BCUT2D eigenvalue weighted by Gasteiger charge is -2.26. The molecule has 0 aliphatic heterocycles. The number of aromatic nitrogens is 1. The van der Waals surface area contributed by atoms with Crippen LogP contribution in [-0.4, -0.2) is 4.57 Å². The van der Waals surface area contributed by atoms with Crippen LogP contribution in [0.2, 0.25) is 0 Å². The van der Waals surface area contributed by atoms with Gasteiger partial charge in [0, 0.05) is 38.9 Å². The van der Waals surface area contributed by atoms with Crippen LogP contribution in [0.5, 0.6) is 0 Å². The lowest BCUT2D eigenvalue weighted by Crippen LogP contribution is -2.10. The first kappa shape index (κ1) is 35.7. The number of hydrogen-bond donors (Lipinski definition) is 0. The summed E-state index contributed by atoms with van der Waals surface area (Å²) in [4.78, 5) is 2.39. The van der Waals surface area contributed by atoms with Gasteiger partial charge in [-0.05, 0) is 127 Å². The topological polar surface area (TPSA) is 8.17 Å². The third kappa shape index (κ3) is 6.12. The summed E-state index contributed by atoms with van der Waals surface area (Å²) in [5.74, 6) is 0. The van der Waals surface area contributed by atoms with Gasteiger partial charge < -0.3 is 9.47 Å². The van der Waals surface area contributed by atoms with Crippen molar-refractivity contribution < 1.29 is 0 Å². The second-order valence-electron chi connectivity index (χ2n) is 16.2. The van der Waals surface area contributed by atoms with Gasteiger partial charge in [-0.3, -0.25) is 0 Å². The second-order valence-corrected chi connectivity index (χ2v) is 16.2. The fraction of sp³-hybridized carbons (Fsp3) is 0. The maximum Gasteiger partial charge on any atom is 0.0619 e. The number of fused-ring (bicyclic) bond motifs is 7. The molecule has 2 nitrogen and oxygen atoms in total. The van der Waals surface area contributed by atoms with Crippen molar-refractivity contribution >= 4 is 71.2 Å². The normalized spacial score (nSPS) is 11.5. The molecular formula is C60H40N2. The van der Waals surface area contributed by atoms with Gasteiger partial charge in [0.1, 0.15) is 0 Å². The highest BCUT2D eigenvalue weighted by molar-refractivity contribution is 6.22. The third-order valence-electron chi connectivity index (χ3n) is 12.5. The van der Waals surface area contributed by atoms with E-state index in [4.69, 9.17) is 0 Å². The molecule has 0 unspecified atom stereocenters. The minimum Gasteiger partial charge on any atom is -0.310 e. The smallest absolute Gasteiger partial charge is 0.0619 e. The first-order chi connectivity index (χ1) is 30.7. The Morgan fingerprint density at radius 1 is 0.290 bits per heavy atom. The Morgan fingerprint density at radius 3 is 1.47 bits per heavy atom. The molecule has 290 valence electrons. The van der Waals surface area contributed by atoms with Crippen LogP contribution in [0.3, 0.4) is 0 Å². The van der Waals surface area contributed by atoms with Crippen LogP contribution in [0, 0.1) is 0 Å². The summed E-state index contributed by atoms with van der Waals surface area (Å²) in [6, 6.07) is 88.5. The van der Waals surface area contributed by atoms with Crippen molar-refractivity contribution in [2.45, 2.75) is 0 Å². The summed E-state index contributed by atoms with van der Waals surface area (Å²) in [5.41, 5.74) is 14.0. The van der Waals surface area contributed by atoms with Gasteiger partial charge in [-0.25, -0.2) is 0 Å². The van der Waals surface area contributed by atoms with E-state index in [1.165, 1.54) is 87.5 Å². The minimum atomic E-state index is 1.09. The number of anilines is 3. The molecule has 0 fully saturated rings. The zero-order valence-electron chi connectivity index (χ0n) is 34.0. The highest BCUT2D eigenvalue weighted by atomic mass is 15.1. The summed E-state index contributed by atoms with van der Waals surface area (Å²) < 4.78 is 2.45. The first-order valence-corrected chi connectivity index (χ1v) is 21.3. The van der Waals surface area contributed by atoms with Crippen LogP contribution in [0.1, 0.15) is 0 Å². The van der Waals surface area contributed by atoms with E-state index in [1.54, 1.807) is 0 Å². The van der Waals surface area contributed by atoms with E-state index in [2.05, 4.69) is 252 Å². The molecule has 0 aliphatic rings. The lowest BCUT2D eigenvalue weighted by atomic mass is 9.97. The molecular weight excluding hydrogens is 749 g/mol. The van der Waals surface area contributed by atoms with Crippen molar-refractivity contribution in [1.29, 1.82) is 0 Å². The van der Waals surface area contributed by atoms with E-state index in [1.807, 2.05) is 0 Å². The molecule has 0 N–H and O–H groups in total. The van der Waals surface area contributed by atoms with Gasteiger partial charge in [-0.15, -0.1) is 0 Å². The summed E-state index contributed by atoms with van der Waals surface area (Å²) in [7, 11) is 0. The van der Waals surface area contributed by atoms with Crippen molar-refractivity contribution in [3.05, 3.63) is 243 Å². The lowest BCUT2D eigenvalue weighted by molar-refractivity contribution is 1.19. The predicted octanol–water partition coefficient (Wildman–Crippen LogP) is 16.7. The molecule has 0 saturated heterocycles. The van der Waals surface area contributed by atoms with Crippen LogP contribution in [0.4, 0.5) is 17.1 Å². The van der Waals surface area contributed by atoms with E-state index in [-0.39, 0.29) is 0 Å². The van der Waals surface area contributed by atoms with Crippen molar-refractivity contribution in [1.82, 2.24) is 4.57 Å². The van der Waals surface area contributed by atoms with Crippen LogP contribution >= 0.6 is 0 Å². The van der Waals surface area contributed by atoms with Gasteiger partial charge >= 0.3 is 0 Å². The molecule has 2 heteroatoms. The SMILES string of the molecule is c1ccc(-n2c3cccc(-c4cccc(N(c5ccc(-c6ccc7ccccc7c6)cc5)c5ccc(-c6ccc7ccccc7c6)cc5)c4)c3c3ccc4ccccc4c32)cc1. The van der Waals surface area contributed by atoms with Gasteiger partial charge in [0.05, 0.1) is 11.0 Å². The van der Waals surface area contributed by atoms with Gasteiger partial charge in [-0.2, -0.15) is 0 Å². The Labute approximate surface area is 360 Å². The van der Waals surface area contributed by atoms with E-state index in [0.717, 1.165) is 22.7 Å². The van der Waals surface area contributed by atoms with Crippen molar-refractivity contribution in [3.63, 3.8) is 0 Å². The zero-order valence-corrected chi connectivity index (χ0v) is 34.0. The maximum atomic E-state index is 2.45. The fourth-order valence-corrected chi connectivity index (χ4v) is 9.52. The Hall–Kier alpha value is -8.20. The van der Waals surface area contributed by atoms with Gasteiger partial charge in [0.15, 0.2) is 0 Å². The maximum absolute atomic E-state index is 2.45. The average Bonchev–Trinajstić information content (AvgIpc) is 3.70. The number of nitrogens with zero attached hydrogens (tertiary/aromatic N) is 2. The molecule has 12 rings (SSSR count). The largest absolute Gasteiger partial charge is 0.310 e. The fourth-order valence-electron chi connectivity index (χ4n) is 9.52. The van der Waals surface area contributed by atoms with E-state index < -0.39 is 0 Å². The van der Waals surface area contributed by atoms with E-state index in [9.17, 15) is 0 Å². The number of para-hydroxylation sites is 1. The van der Waals surface area contributed by atoms with Crippen molar-refractivity contribution in [2.75, 3.05) is 4.90 Å². The van der Waals surface area contributed by atoms with Crippen LogP contribution in [-0.2, 0) is 0 Å². The molecule has 0 aliphatic carbocycles. The van der Waals surface area contributed by atoms with Crippen molar-refractivity contribution in [3.8, 4) is 39.1 Å². The summed E-state index contributed by atoms with van der Waals surface area (Å²) in [6.07, 6.45) is 0. The summed E-state index contributed by atoms with van der Waals surface area (Å²) in [6.45, 7) is 0. The Kier molecular flexibility index (Phi) is 8.53. The van der Waals surface area contributed by atoms with Gasteiger partial charge in [0.2, 0.25) is 0 Å². The molecule has 11 aromatic carbocycles. The average molecular weight is 789 g/mol. The van der Waals surface area contributed by atoms with Gasteiger partial charge in [0.25, 0.3) is 0 Å². The molecule has 12 aromatic rings. The Morgan fingerprint density at radius 2 is 0.823 bits per heavy atom. The van der Waals surface area contributed by atoms with Crippen LogP contribution < -0.4 is 4.90 Å². The van der Waals surface area contributed by atoms with Crippen LogP contribution in [0.15, 0.2) is 243 Å². The number of benzene rings is 11. The third-order valence-corrected chi connectivity index (χ3v) is 12.5. The molecule has 1 aromatic heterocycles. The monoisotopic (exact) mass is 788 g/mol. The molecule has 0 amide bonds. The molecule has 62 heavy (non-hydrogen) atoms. The molecule has 0 bridgehead atoms. The predicted molar refractivity (Wildman–Crippen MR) is 264 cm³/mol. The minimum absolute atomic E-state index is 1.09. The van der Waals surface area contributed by atoms with E-state index >= 15 is 0 Å². The summed E-state index contributed by atoms with van der Waals surface area (Å²) >= 11 is 0. The van der Waals surface area contributed by atoms with E-state index in [0.29, 0.717) is 0 Å². The number of rotatable bonds is 7. The Bertz CT molecular complexity index is 3500. The van der Waals surface area contributed by atoms with Crippen molar-refractivity contribution in [2.24, 2.45) is 0 Å². The molecule has 0 spiro atoms. The zero-order chi connectivity index (χ0) is 41.0. The highest BCUT2D eigenvalue weighted by Gasteiger charge is 2.20. The molecule has 1 heterocycles. The molecule has 0 radical (unpaired) electrons. The first-order valence-electron chi connectivity index (χ1n) is 21.3. The molecule has 0 saturated carbocycles. The molecule has 0 atom stereocenters. The van der Waals surface area contributed by atoms with Gasteiger partial charge in [-0.1, -0.05) is 176 Å². The second kappa shape index (κ2) is 14.8. The Balaban J connectivity index is 1.01. The van der Waals surface area contributed by atoms with Crippen LogP contribution in [0.25, 0.3) is 93.2 Å². The number of hydrogen-bond acceptors (Lipinski definition) is 1.